The van der Waals surface area contributed by atoms with Crippen LogP contribution in [0.15, 0.2) is 59.7 Å². The van der Waals surface area contributed by atoms with E-state index >= 15 is 0 Å². The van der Waals surface area contributed by atoms with Crippen LogP contribution >= 0.6 is 0 Å². The summed E-state index contributed by atoms with van der Waals surface area (Å²) in [6.07, 6.45) is 3.04. The van der Waals surface area contributed by atoms with Crippen molar-refractivity contribution in [2.24, 2.45) is 4.99 Å². The molecule has 6 nitrogen and oxygen atoms in total. The predicted octanol–water partition coefficient (Wildman–Crippen LogP) is 2.91. The average Bonchev–Trinajstić information content (AvgIpc) is 3.20. The Hall–Kier alpha value is -2.83. The van der Waals surface area contributed by atoms with E-state index < -0.39 is 0 Å². The molecular weight excluding hydrogens is 374 g/mol. The number of morpholine rings is 1. The Balaban J connectivity index is 1.25. The van der Waals surface area contributed by atoms with Gasteiger partial charge in [0.15, 0.2) is 5.96 Å². The van der Waals surface area contributed by atoms with Gasteiger partial charge in [-0.1, -0.05) is 42.5 Å². The highest BCUT2D eigenvalue weighted by Gasteiger charge is 2.11. The highest BCUT2D eigenvalue weighted by Crippen LogP contribution is 2.17. The smallest absolute Gasteiger partial charge is 0.191 e. The fourth-order valence-electron chi connectivity index (χ4n) is 3.92. The molecule has 4 rings (SSSR count). The zero-order valence-corrected chi connectivity index (χ0v) is 17.7. The van der Waals surface area contributed by atoms with Gasteiger partial charge < -0.3 is 20.4 Å². The van der Waals surface area contributed by atoms with Crippen LogP contribution in [0.4, 0.5) is 0 Å². The van der Waals surface area contributed by atoms with E-state index in [1.54, 1.807) is 0 Å². The van der Waals surface area contributed by atoms with Crippen molar-refractivity contribution in [3.05, 3.63) is 71.4 Å². The molecule has 0 saturated carbocycles. The molecule has 1 aromatic heterocycles. The predicted molar refractivity (Wildman–Crippen MR) is 123 cm³/mol. The number of rotatable bonds is 7. The van der Waals surface area contributed by atoms with Gasteiger partial charge in [-0.2, -0.15) is 0 Å². The fourth-order valence-corrected chi connectivity index (χ4v) is 3.92. The summed E-state index contributed by atoms with van der Waals surface area (Å²) in [7, 11) is 1.82. The lowest BCUT2D eigenvalue weighted by atomic mass is 10.1. The lowest BCUT2D eigenvalue weighted by Gasteiger charge is -2.26. The van der Waals surface area contributed by atoms with Gasteiger partial charge in [-0.3, -0.25) is 9.89 Å². The molecule has 158 valence electrons. The normalized spacial score (nSPS) is 15.4. The van der Waals surface area contributed by atoms with E-state index in [1.165, 1.54) is 27.6 Å². The van der Waals surface area contributed by atoms with Crippen molar-refractivity contribution < 1.29 is 4.74 Å². The number of H-pyrrole nitrogens is 1. The molecule has 0 atom stereocenters. The number of hydrogen-bond acceptors (Lipinski definition) is 3. The van der Waals surface area contributed by atoms with E-state index in [0.29, 0.717) is 0 Å². The van der Waals surface area contributed by atoms with Crippen molar-refractivity contribution in [2.75, 3.05) is 39.9 Å². The highest BCUT2D eigenvalue weighted by atomic mass is 16.5. The quantitative estimate of drug-likeness (QED) is 0.418. The van der Waals surface area contributed by atoms with Crippen LogP contribution in [0.5, 0.6) is 0 Å². The first-order valence-electron chi connectivity index (χ1n) is 10.7. The number of aliphatic imine (C=N–C) groups is 1. The number of nitrogens with one attached hydrogen (secondary N) is 3. The minimum Gasteiger partial charge on any atom is -0.379 e. The number of aromatic nitrogens is 1. The maximum Gasteiger partial charge on any atom is 0.191 e. The summed E-state index contributed by atoms with van der Waals surface area (Å²) in [6, 6.07) is 17.2. The molecule has 1 aliphatic heterocycles. The molecule has 2 aromatic carbocycles. The summed E-state index contributed by atoms with van der Waals surface area (Å²) in [5.74, 6) is 0.827. The molecule has 0 unspecified atom stereocenters. The van der Waals surface area contributed by atoms with Gasteiger partial charge in [0, 0.05) is 56.9 Å². The number of guanidine groups is 1. The molecule has 0 spiro atoms. The van der Waals surface area contributed by atoms with Crippen LogP contribution in [0, 0.1) is 0 Å². The molecule has 2 heterocycles. The van der Waals surface area contributed by atoms with E-state index in [2.05, 4.69) is 80.2 Å². The van der Waals surface area contributed by atoms with E-state index in [1.807, 2.05) is 7.05 Å². The van der Waals surface area contributed by atoms with Gasteiger partial charge in [0.1, 0.15) is 0 Å². The summed E-state index contributed by atoms with van der Waals surface area (Å²) in [6.45, 7) is 6.26. The van der Waals surface area contributed by atoms with E-state index in [0.717, 1.165) is 58.3 Å². The van der Waals surface area contributed by atoms with Crippen LogP contribution in [0.25, 0.3) is 10.9 Å². The summed E-state index contributed by atoms with van der Waals surface area (Å²) in [5, 5.41) is 8.15. The second-order valence-corrected chi connectivity index (χ2v) is 7.67. The van der Waals surface area contributed by atoms with Crippen LogP contribution in [-0.4, -0.2) is 55.7 Å². The third-order valence-electron chi connectivity index (χ3n) is 5.55. The fraction of sp³-hybridized carbons (Fsp3) is 0.375. The standard InChI is InChI=1S/C24H31N5O/c1-25-24(26-10-9-21-17-27-23-8-3-2-7-22(21)23)28-16-19-5-4-6-20(15-19)18-29-11-13-30-14-12-29/h2-8,15,17,27H,9-14,16,18H2,1H3,(H2,25,26,28). The molecule has 1 fully saturated rings. The van der Waals surface area contributed by atoms with Crippen molar-refractivity contribution in [3.63, 3.8) is 0 Å². The Kier molecular flexibility index (Phi) is 7.00. The lowest BCUT2D eigenvalue weighted by molar-refractivity contribution is 0.0342. The summed E-state index contributed by atoms with van der Waals surface area (Å²) >= 11 is 0. The third-order valence-corrected chi connectivity index (χ3v) is 5.55. The lowest BCUT2D eigenvalue weighted by Crippen LogP contribution is -2.38. The monoisotopic (exact) mass is 405 g/mol. The van der Waals surface area contributed by atoms with Crippen LogP contribution in [0.3, 0.4) is 0 Å². The topological polar surface area (TPSA) is 64.7 Å². The number of fused-ring (bicyclic) bond motifs is 1. The number of nitrogens with zero attached hydrogens (tertiary/aromatic N) is 2. The minimum absolute atomic E-state index is 0.754. The maximum absolute atomic E-state index is 5.44. The van der Waals surface area contributed by atoms with Crippen LogP contribution in [0.1, 0.15) is 16.7 Å². The molecule has 30 heavy (non-hydrogen) atoms. The zero-order chi connectivity index (χ0) is 20.6. The second kappa shape index (κ2) is 10.3. The Bertz CT molecular complexity index is 974. The number of aromatic amines is 1. The Morgan fingerprint density at radius 3 is 2.77 bits per heavy atom. The van der Waals surface area contributed by atoms with Crippen molar-refractivity contribution in [2.45, 2.75) is 19.5 Å². The van der Waals surface area contributed by atoms with Gasteiger partial charge in [0.25, 0.3) is 0 Å². The molecule has 0 amide bonds. The molecule has 3 aromatic rings. The van der Waals surface area contributed by atoms with E-state index in [9.17, 15) is 0 Å². The first kappa shape index (κ1) is 20.4. The van der Waals surface area contributed by atoms with Gasteiger partial charge in [0.2, 0.25) is 0 Å². The van der Waals surface area contributed by atoms with Gasteiger partial charge >= 0.3 is 0 Å². The SMILES string of the molecule is CN=C(NCCc1c[nH]c2ccccc12)NCc1cccc(CN2CCOCC2)c1. The first-order chi connectivity index (χ1) is 14.8. The van der Waals surface area contributed by atoms with Gasteiger partial charge in [-0.25, -0.2) is 0 Å². The molecule has 0 aliphatic carbocycles. The Labute approximate surface area is 178 Å². The van der Waals surface area contributed by atoms with Crippen molar-refractivity contribution in [1.29, 1.82) is 0 Å². The van der Waals surface area contributed by atoms with Crippen LogP contribution in [0.2, 0.25) is 0 Å². The number of benzene rings is 2. The number of hydrogen-bond donors (Lipinski definition) is 3. The second-order valence-electron chi connectivity index (χ2n) is 7.67. The molecule has 3 N–H and O–H groups in total. The van der Waals surface area contributed by atoms with Gasteiger partial charge in [-0.05, 0) is 29.2 Å². The molecule has 1 saturated heterocycles. The maximum atomic E-state index is 5.44. The van der Waals surface area contributed by atoms with Crippen LogP contribution in [-0.2, 0) is 24.2 Å². The van der Waals surface area contributed by atoms with E-state index in [-0.39, 0.29) is 0 Å². The summed E-state index contributed by atoms with van der Waals surface area (Å²) in [5.41, 5.74) is 5.12. The highest BCUT2D eigenvalue weighted by molar-refractivity contribution is 5.83. The Morgan fingerprint density at radius 2 is 1.90 bits per heavy atom. The van der Waals surface area contributed by atoms with Gasteiger partial charge in [0.05, 0.1) is 13.2 Å². The molecule has 0 bridgehead atoms. The summed E-state index contributed by atoms with van der Waals surface area (Å²) < 4.78 is 5.44. The molecular formula is C24H31N5O. The van der Waals surface area contributed by atoms with Crippen molar-refractivity contribution in [3.8, 4) is 0 Å². The van der Waals surface area contributed by atoms with Crippen LogP contribution < -0.4 is 10.6 Å². The van der Waals surface area contributed by atoms with Gasteiger partial charge in [-0.15, -0.1) is 0 Å². The molecule has 6 heteroatoms. The Morgan fingerprint density at radius 1 is 1.07 bits per heavy atom. The first-order valence-corrected chi connectivity index (χ1v) is 10.7. The minimum atomic E-state index is 0.754. The zero-order valence-electron chi connectivity index (χ0n) is 17.7. The third kappa shape index (κ3) is 5.40. The number of para-hydroxylation sites is 1. The summed E-state index contributed by atoms with van der Waals surface area (Å²) in [4.78, 5) is 10.1. The molecule has 0 radical (unpaired) electrons. The van der Waals surface area contributed by atoms with E-state index in [4.69, 9.17) is 4.74 Å². The van der Waals surface area contributed by atoms with Crippen molar-refractivity contribution >= 4 is 16.9 Å². The molecule has 1 aliphatic rings. The largest absolute Gasteiger partial charge is 0.379 e. The van der Waals surface area contributed by atoms with Crippen molar-refractivity contribution in [1.82, 2.24) is 20.5 Å². The average molecular weight is 406 g/mol. The number of ether oxygens (including phenoxy) is 1.